The fourth-order valence-electron chi connectivity index (χ4n) is 1.57. The van der Waals surface area contributed by atoms with Crippen molar-refractivity contribution >= 4 is 15.9 Å². The Morgan fingerprint density at radius 1 is 1.24 bits per heavy atom. The highest BCUT2D eigenvalue weighted by atomic mass is 79.9. The molecule has 5 heteroatoms. The molecule has 1 N–H and O–H groups in total. The van der Waals surface area contributed by atoms with Gasteiger partial charge in [0.25, 0.3) is 0 Å². The van der Waals surface area contributed by atoms with E-state index >= 15 is 0 Å². The molecule has 0 amide bonds. The summed E-state index contributed by atoms with van der Waals surface area (Å²) in [7, 11) is 4.60. The first-order valence-corrected chi connectivity index (χ1v) is 5.97. The molecule has 1 rings (SSSR count). The highest BCUT2D eigenvalue weighted by Crippen LogP contribution is 2.24. The van der Waals surface area contributed by atoms with Gasteiger partial charge in [0, 0.05) is 25.1 Å². The molecule has 0 aliphatic heterocycles. The van der Waals surface area contributed by atoms with Crippen molar-refractivity contribution in [1.82, 2.24) is 0 Å². The molecule has 0 radical (unpaired) electrons. The molecule has 0 saturated heterocycles. The Morgan fingerprint density at radius 3 is 2.41 bits per heavy atom. The first kappa shape index (κ1) is 14.4. The molecule has 1 unspecified atom stereocenters. The molecule has 0 aromatic heterocycles. The maximum absolute atomic E-state index is 9.94. The molecule has 0 bridgehead atoms. The maximum Gasteiger partial charge on any atom is 0.183 e. The number of halogens is 1. The summed E-state index contributed by atoms with van der Waals surface area (Å²) in [4.78, 5) is 0. The predicted molar refractivity (Wildman–Crippen MR) is 68.2 cm³/mol. The fraction of sp³-hybridized carbons (Fsp3) is 0.500. The van der Waals surface area contributed by atoms with Crippen LogP contribution in [0, 0.1) is 0 Å². The second-order valence-electron chi connectivity index (χ2n) is 3.57. The van der Waals surface area contributed by atoms with Crippen molar-refractivity contribution in [3.63, 3.8) is 0 Å². The Kier molecular flexibility index (Phi) is 5.91. The van der Waals surface area contributed by atoms with E-state index in [9.17, 15) is 5.11 Å². The number of methoxy groups -OCH3 is 3. The van der Waals surface area contributed by atoms with Gasteiger partial charge in [0.1, 0.15) is 11.9 Å². The van der Waals surface area contributed by atoms with Gasteiger partial charge in [-0.2, -0.15) is 0 Å². The lowest BCUT2D eigenvalue weighted by molar-refractivity contribution is -0.163. The first-order chi connectivity index (χ1) is 8.12. The number of ether oxygens (including phenoxy) is 3. The Balaban J connectivity index is 2.79. The molecule has 1 atom stereocenters. The van der Waals surface area contributed by atoms with Crippen LogP contribution in [0.4, 0.5) is 0 Å². The molecule has 0 spiro atoms. The topological polar surface area (TPSA) is 47.9 Å². The molecule has 0 aliphatic carbocycles. The average molecular weight is 305 g/mol. The van der Waals surface area contributed by atoms with Crippen molar-refractivity contribution in [2.24, 2.45) is 0 Å². The van der Waals surface area contributed by atoms with E-state index in [1.807, 2.05) is 18.2 Å². The van der Waals surface area contributed by atoms with Gasteiger partial charge in [0.15, 0.2) is 6.29 Å². The monoisotopic (exact) mass is 304 g/mol. The van der Waals surface area contributed by atoms with E-state index in [1.54, 1.807) is 7.11 Å². The van der Waals surface area contributed by atoms with Crippen molar-refractivity contribution in [3.05, 3.63) is 28.2 Å². The molecule has 1 aromatic rings. The zero-order valence-electron chi connectivity index (χ0n) is 10.1. The van der Waals surface area contributed by atoms with E-state index in [1.165, 1.54) is 14.2 Å². The van der Waals surface area contributed by atoms with Gasteiger partial charge in [-0.05, 0) is 23.8 Å². The van der Waals surface area contributed by atoms with E-state index in [-0.39, 0.29) is 0 Å². The van der Waals surface area contributed by atoms with Crippen LogP contribution in [-0.4, -0.2) is 38.8 Å². The van der Waals surface area contributed by atoms with E-state index < -0.39 is 12.4 Å². The van der Waals surface area contributed by atoms with Crippen LogP contribution in [0.15, 0.2) is 22.7 Å². The smallest absolute Gasteiger partial charge is 0.183 e. The van der Waals surface area contributed by atoms with E-state index in [0.717, 1.165) is 15.8 Å². The average Bonchev–Trinajstić information content (AvgIpc) is 2.33. The summed E-state index contributed by atoms with van der Waals surface area (Å²) in [5.74, 6) is 0.752. The highest BCUT2D eigenvalue weighted by Gasteiger charge is 2.19. The van der Waals surface area contributed by atoms with Crippen molar-refractivity contribution in [3.8, 4) is 5.75 Å². The lowest BCUT2D eigenvalue weighted by Crippen LogP contribution is -2.31. The lowest BCUT2D eigenvalue weighted by atomic mass is 10.1. The molecule has 96 valence electrons. The van der Waals surface area contributed by atoms with Gasteiger partial charge in [-0.1, -0.05) is 15.9 Å². The van der Waals surface area contributed by atoms with Crippen LogP contribution in [0.1, 0.15) is 5.56 Å². The van der Waals surface area contributed by atoms with Crippen LogP contribution >= 0.6 is 15.9 Å². The molecule has 1 aromatic carbocycles. The molecule has 17 heavy (non-hydrogen) atoms. The van der Waals surface area contributed by atoms with Crippen LogP contribution in [0.2, 0.25) is 0 Å². The SMILES string of the molecule is COc1ccc(Br)c(CC(O)C(OC)OC)c1. The van der Waals surface area contributed by atoms with Gasteiger partial charge in [-0.15, -0.1) is 0 Å². The first-order valence-electron chi connectivity index (χ1n) is 5.18. The number of aliphatic hydroxyl groups is 1. The standard InChI is InChI=1S/C12H17BrO4/c1-15-9-4-5-10(13)8(6-9)7-11(14)12(16-2)17-3/h4-6,11-12,14H,7H2,1-3H3. The Labute approximate surface area is 110 Å². The van der Waals surface area contributed by atoms with Crippen LogP contribution in [0.5, 0.6) is 5.75 Å². The Hall–Kier alpha value is -0.620. The van der Waals surface area contributed by atoms with Gasteiger partial charge >= 0.3 is 0 Å². The zero-order chi connectivity index (χ0) is 12.8. The van der Waals surface area contributed by atoms with Crippen molar-refractivity contribution in [2.75, 3.05) is 21.3 Å². The van der Waals surface area contributed by atoms with Crippen molar-refractivity contribution in [1.29, 1.82) is 0 Å². The lowest BCUT2D eigenvalue weighted by Gasteiger charge is -2.20. The number of hydrogen-bond donors (Lipinski definition) is 1. The van der Waals surface area contributed by atoms with E-state index in [2.05, 4.69) is 15.9 Å². The third kappa shape index (κ3) is 3.96. The molecule has 0 fully saturated rings. The van der Waals surface area contributed by atoms with Crippen LogP contribution < -0.4 is 4.74 Å². The molecular weight excluding hydrogens is 288 g/mol. The predicted octanol–water partition coefficient (Wildman–Crippen LogP) is 1.98. The van der Waals surface area contributed by atoms with E-state index in [4.69, 9.17) is 14.2 Å². The van der Waals surface area contributed by atoms with Gasteiger partial charge in [-0.3, -0.25) is 0 Å². The molecular formula is C12H17BrO4. The summed E-state index contributed by atoms with van der Waals surface area (Å²) in [5, 5.41) is 9.94. The summed E-state index contributed by atoms with van der Waals surface area (Å²) in [6, 6.07) is 5.61. The van der Waals surface area contributed by atoms with Gasteiger partial charge in [0.2, 0.25) is 0 Å². The van der Waals surface area contributed by atoms with Gasteiger partial charge in [-0.25, -0.2) is 0 Å². The number of rotatable bonds is 6. The number of aliphatic hydroxyl groups excluding tert-OH is 1. The zero-order valence-corrected chi connectivity index (χ0v) is 11.7. The molecule has 0 saturated carbocycles. The second kappa shape index (κ2) is 6.96. The minimum atomic E-state index is -0.728. The highest BCUT2D eigenvalue weighted by molar-refractivity contribution is 9.10. The summed E-state index contributed by atoms with van der Waals surface area (Å²) in [5.41, 5.74) is 0.941. The number of hydrogen-bond acceptors (Lipinski definition) is 4. The largest absolute Gasteiger partial charge is 0.497 e. The molecule has 0 aliphatic rings. The van der Waals surface area contributed by atoms with Crippen molar-refractivity contribution < 1.29 is 19.3 Å². The van der Waals surface area contributed by atoms with Gasteiger partial charge < -0.3 is 19.3 Å². The van der Waals surface area contributed by atoms with Gasteiger partial charge in [0.05, 0.1) is 7.11 Å². The van der Waals surface area contributed by atoms with Crippen LogP contribution in [-0.2, 0) is 15.9 Å². The Morgan fingerprint density at radius 2 is 1.88 bits per heavy atom. The Bertz CT molecular complexity index is 352. The second-order valence-corrected chi connectivity index (χ2v) is 4.42. The third-order valence-electron chi connectivity index (χ3n) is 2.46. The van der Waals surface area contributed by atoms with Crippen LogP contribution in [0.25, 0.3) is 0 Å². The summed E-state index contributed by atoms with van der Waals surface area (Å²) < 4.78 is 16.1. The minimum absolute atomic E-state index is 0.421. The minimum Gasteiger partial charge on any atom is -0.497 e. The van der Waals surface area contributed by atoms with Crippen molar-refractivity contribution in [2.45, 2.75) is 18.8 Å². The molecule has 0 heterocycles. The summed E-state index contributed by atoms with van der Waals surface area (Å²) in [6.45, 7) is 0. The number of benzene rings is 1. The fourth-order valence-corrected chi connectivity index (χ4v) is 1.97. The third-order valence-corrected chi connectivity index (χ3v) is 3.23. The normalized spacial score (nSPS) is 12.8. The molecule has 4 nitrogen and oxygen atoms in total. The quantitative estimate of drug-likeness (QED) is 0.817. The van der Waals surface area contributed by atoms with Crippen LogP contribution in [0.3, 0.4) is 0 Å². The van der Waals surface area contributed by atoms with E-state index in [0.29, 0.717) is 6.42 Å². The summed E-state index contributed by atoms with van der Waals surface area (Å²) >= 11 is 3.43. The summed E-state index contributed by atoms with van der Waals surface area (Å²) in [6.07, 6.45) is -0.939. The maximum atomic E-state index is 9.94.